The van der Waals surface area contributed by atoms with Crippen LogP contribution in [0.3, 0.4) is 0 Å². The van der Waals surface area contributed by atoms with Crippen LogP contribution in [0.1, 0.15) is 72.6 Å². The minimum Gasteiger partial charge on any atom is -0.0769 e. The van der Waals surface area contributed by atoms with Gasteiger partial charge >= 0.3 is 0 Å². The first-order valence-electron chi connectivity index (χ1n) is 8.92. The van der Waals surface area contributed by atoms with Crippen molar-refractivity contribution in [3.63, 3.8) is 0 Å². The third-order valence-electron chi connectivity index (χ3n) is 7.68. The van der Waals surface area contributed by atoms with Crippen molar-refractivity contribution in [3.05, 3.63) is 0 Å². The van der Waals surface area contributed by atoms with Gasteiger partial charge in [0.1, 0.15) is 7.28 Å². The minimum absolute atomic E-state index is 0.676. The van der Waals surface area contributed by atoms with E-state index in [0.29, 0.717) is 5.41 Å². The molecule has 0 saturated heterocycles. The molecule has 0 aromatic rings. The largest absolute Gasteiger partial charge is 0.127 e. The van der Waals surface area contributed by atoms with Gasteiger partial charge in [-0.1, -0.05) is 71.4 Å². The van der Waals surface area contributed by atoms with Crippen LogP contribution in [-0.4, -0.2) is 7.28 Å². The van der Waals surface area contributed by atoms with E-state index in [1.54, 1.807) is 12.8 Å². The van der Waals surface area contributed by atoms with E-state index in [1.165, 1.54) is 45.7 Å². The molecular weight excluding hydrogens is 227 g/mol. The molecule has 4 fully saturated rings. The standard InChI is InChI=1S/C18H33B/c1-13-14(11-15-12-16(13)17(15,2)3)7-5-10-19-18(4)8-6-9-18/h13-16,19H,5-12H2,1-4H3. The molecule has 108 valence electrons. The van der Waals surface area contributed by atoms with Gasteiger partial charge in [0.15, 0.2) is 0 Å². The van der Waals surface area contributed by atoms with Crippen molar-refractivity contribution in [2.24, 2.45) is 29.1 Å². The van der Waals surface area contributed by atoms with Crippen LogP contribution in [0, 0.1) is 29.1 Å². The molecule has 4 saturated carbocycles. The zero-order chi connectivity index (χ0) is 13.7. The molecule has 0 N–H and O–H groups in total. The van der Waals surface area contributed by atoms with Crippen LogP contribution in [0.5, 0.6) is 0 Å². The highest BCUT2D eigenvalue weighted by Gasteiger charge is 2.55. The van der Waals surface area contributed by atoms with Crippen molar-refractivity contribution in [3.8, 4) is 0 Å². The lowest BCUT2D eigenvalue weighted by Crippen LogP contribution is -2.54. The number of fused-ring (bicyclic) bond motifs is 2. The second-order valence-corrected chi connectivity index (χ2v) is 9.13. The highest BCUT2D eigenvalue weighted by Crippen LogP contribution is 2.63. The first-order chi connectivity index (χ1) is 8.92. The summed E-state index contributed by atoms with van der Waals surface area (Å²) in [7, 11) is 1.51. The number of hydrogen-bond acceptors (Lipinski definition) is 0. The highest BCUT2D eigenvalue weighted by molar-refractivity contribution is 6.40. The first kappa shape index (κ1) is 14.0. The molecule has 19 heavy (non-hydrogen) atoms. The van der Waals surface area contributed by atoms with Gasteiger partial charge in [-0.3, -0.25) is 0 Å². The molecule has 0 aromatic heterocycles. The van der Waals surface area contributed by atoms with Crippen LogP contribution in [0.15, 0.2) is 0 Å². The van der Waals surface area contributed by atoms with E-state index < -0.39 is 0 Å². The summed E-state index contributed by atoms with van der Waals surface area (Å²) in [5.74, 6) is 4.16. The first-order valence-corrected chi connectivity index (χ1v) is 8.92. The predicted molar refractivity (Wildman–Crippen MR) is 86.1 cm³/mol. The van der Waals surface area contributed by atoms with Crippen molar-refractivity contribution in [1.82, 2.24) is 0 Å². The summed E-state index contributed by atoms with van der Waals surface area (Å²) in [6.07, 6.45) is 12.1. The average molecular weight is 260 g/mol. The quantitative estimate of drug-likeness (QED) is 0.464. The van der Waals surface area contributed by atoms with Crippen molar-refractivity contribution in [2.75, 3.05) is 0 Å². The molecule has 4 atom stereocenters. The number of hydrogen-bond donors (Lipinski definition) is 0. The van der Waals surface area contributed by atoms with E-state index >= 15 is 0 Å². The van der Waals surface area contributed by atoms with Crippen molar-refractivity contribution >= 4 is 7.28 Å². The third-order valence-corrected chi connectivity index (χ3v) is 7.68. The Hall–Kier alpha value is 0.0649. The summed E-state index contributed by atoms with van der Waals surface area (Å²) in [5, 5.41) is 0.752. The predicted octanol–water partition coefficient (Wildman–Crippen LogP) is 5.30. The summed E-state index contributed by atoms with van der Waals surface area (Å²) < 4.78 is 0. The van der Waals surface area contributed by atoms with E-state index in [-0.39, 0.29) is 0 Å². The molecule has 0 radical (unpaired) electrons. The maximum atomic E-state index is 2.56. The Morgan fingerprint density at radius 2 is 1.84 bits per heavy atom. The Balaban J connectivity index is 1.40. The van der Waals surface area contributed by atoms with Crippen molar-refractivity contribution < 1.29 is 0 Å². The van der Waals surface area contributed by atoms with Crippen LogP contribution in [0.25, 0.3) is 0 Å². The molecule has 2 bridgehead atoms. The Morgan fingerprint density at radius 1 is 1.11 bits per heavy atom. The van der Waals surface area contributed by atoms with Crippen LogP contribution in [-0.2, 0) is 0 Å². The zero-order valence-electron chi connectivity index (χ0n) is 13.7. The van der Waals surface area contributed by atoms with Gasteiger partial charge in [-0.25, -0.2) is 0 Å². The summed E-state index contributed by atoms with van der Waals surface area (Å²) in [6.45, 7) is 10.1. The minimum atomic E-state index is 0.676. The maximum Gasteiger partial charge on any atom is 0.127 e. The molecule has 4 aliphatic rings. The molecular formula is C18H33B. The third kappa shape index (κ3) is 2.40. The van der Waals surface area contributed by atoms with E-state index in [0.717, 1.165) is 29.0 Å². The van der Waals surface area contributed by atoms with Crippen LogP contribution in [0.4, 0.5) is 0 Å². The maximum absolute atomic E-state index is 2.56. The number of rotatable bonds is 5. The molecule has 0 nitrogen and oxygen atoms in total. The summed E-state index contributed by atoms with van der Waals surface area (Å²) >= 11 is 0. The fraction of sp³-hybridized carbons (Fsp3) is 1.00. The molecule has 0 amide bonds. The summed E-state index contributed by atoms with van der Waals surface area (Å²) in [6, 6.07) is 0. The monoisotopic (exact) mass is 260 g/mol. The molecule has 0 aliphatic heterocycles. The van der Waals surface area contributed by atoms with Crippen molar-refractivity contribution in [2.45, 2.75) is 84.3 Å². The normalized spacial score (nSPS) is 42.1. The van der Waals surface area contributed by atoms with Gasteiger partial charge in [0.2, 0.25) is 0 Å². The van der Waals surface area contributed by atoms with E-state index in [9.17, 15) is 0 Å². The Morgan fingerprint density at radius 3 is 2.37 bits per heavy atom. The SMILES string of the molecule is CC1C(CCCBC2(C)CCC2)CC2CC1C2(C)C. The fourth-order valence-corrected chi connectivity index (χ4v) is 5.63. The molecule has 0 spiro atoms. The van der Waals surface area contributed by atoms with Gasteiger partial charge in [0, 0.05) is 0 Å². The Kier molecular flexibility index (Phi) is 3.55. The smallest absolute Gasteiger partial charge is 0.0769 e. The van der Waals surface area contributed by atoms with E-state index in [1.807, 2.05) is 0 Å². The lowest BCUT2D eigenvalue weighted by molar-refractivity contribution is -0.130. The molecule has 0 aromatic carbocycles. The van der Waals surface area contributed by atoms with Crippen LogP contribution in [0.2, 0.25) is 11.6 Å². The van der Waals surface area contributed by atoms with E-state index in [2.05, 4.69) is 27.7 Å². The van der Waals surface area contributed by atoms with Crippen LogP contribution >= 0.6 is 0 Å². The topological polar surface area (TPSA) is 0 Å². The summed E-state index contributed by atoms with van der Waals surface area (Å²) in [5.41, 5.74) is 0.676. The molecule has 4 rings (SSSR count). The van der Waals surface area contributed by atoms with Gasteiger partial charge in [-0.2, -0.15) is 0 Å². The van der Waals surface area contributed by atoms with Gasteiger partial charge in [0.25, 0.3) is 0 Å². The summed E-state index contributed by atoms with van der Waals surface area (Å²) in [4.78, 5) is 0. The highest BCUT2D eigenvalue weighted by atomic mass is 14.6. The van der Waals surface area contributed by atoms with Crippen LogP contribution < -0.4 is 0 Å². The molecule has 1 heteroatoms. The second kappa shape index (κ2) is 4.81. The lowest BCUT2D eigenvalue weighted by Gasteiger charge is -2.62. The van der Waals surface area contributed by atoms with E-state index in [4.69, 9.17) is 0 Å². The second-order valence-electron chi connectivity index (χ2n) is 9.13. The Bertz CT molecular complexity index is 329. The zero-order valence-corrected chi connectivity index (χ0v) is 13.7. The molecule has 4 unspecified atom stereocenters. The fourth-order valence-electron chi connectivity index (χ4n) is 5.63. The lowest BCUT2D eigenvalue weighted by atomic mass is 9.42. The van der Waals surface area contributed by atoms with Gasteiger partial charge in [0.05, 0.1) is 0 Å². The van der Waals surface area contributed by atoms with Crippen molar-refractivity contribution in [1.29, 1.82) is 0 Å². The van der Waals surface area contributed by atoms with Gasteiger partial charge < -0.3 is 0 Å². The Labute approximate surface area is 121 Å². The van der Waals surface area contributed by atoms with Gasteiger partial charge in [-0.05, 0) is 41.9 Å². The molecule has 4 aliphatic carbocycles. The molecule has 0 heterocycles. The average Bonchev–Trinajstić information content (AvgIpc) is 2.33. The van der Waals surface area contributed by atoms with Gasteiger partial charge in [-0.15, -0.1) is 0 Å².